The monoisotopic (exact) mass is 666 g/mol. The van der Waals surface area contributed by atoms with E-state index in [1.165, 1.54) is 37.6 Å². The Bertz CT molecular complexity index is 1880. The summed E-state index contributed by atoms with van der Waals surface area (Å²) in [7, 11) is 1.39. The van der Waals surface area contributed by atoms with E-state index in [4.69, 9.17) is 32.7 Å². The average Bonchev–Trinajstić information content (AvgIpc) is 3.00. The second-order valence-electron chi connectivity index (χ2n) is 11.8. The van der Waals surface area contributed by atoms with Gasteiger partial charge in [0.15, 0.2) is 0 Å². The van der Waals surface area contributed by atoms with E-state index < -0.39 is 34.6 Å². The quantitative estimate of drug-likeness (QED) is 0.242. The van der Waals surface area contributed by atoms with Gasteiger partial charge in [0, 0.05) is 35.3 Å². The van der Waals surface area contributed by atoms with Gasteiger partial charge in [-0.2, -0.15) is 4.98 Å². The summed E-state index contributed by atoms with van der Waals surface area (Å²) >= 11 is 12.7. The standard InChI is InChI=1S/C32H32Cl2N6O6/c1-31(2,3)46-30(44)40-12-10-32(11-13-40,20-6-5-7-21(33)16-20)39-26(41)18-8-9-23(34)24(15-18)36-27(42)22-14-19-17-35-29(45-4)38-25(19)37-28(22)43/h5-9,14-17H,10-13H2,1-4H3,(H,36,42)(H,39,41)(H,35,37,38,43). The van der Waals surface area contributed by atoms with E-state index in [-0.39, 0.29) is 33.5 Å². The summed E-state index contributed by atoms with van der Waals surface area (Å²) in [6.45, 7) is 6.09. The van der Waals surface area contributed by atoms with Crippen LogP contribution >= 0.6 is 23.2 Å². The number of benzene rings is 2. The second kappa shape index (κ2) is 13.0. The Hall–Kier alpha value is -4.68. The van der Waals surface area contributed by atoms with Crippen molar-refractivity contribution in [3.8, 4) is 6.01 Å². The Morgan fingerprint density at radius 2 is 1.76 bits per heavy atom. The fraction of sp³-hybridized carbons (Fsp3) is 0.312. The molecule has 0 atom stereocenters. The number of rotatable bonds is 6. The van der Waals surface area contributed by atoms with E-state index in [9.17, 15) is 19.2 Å². The van der Waals surface area contributed by atoms with Crippen molar-refractivity contribution >= 4 is 57.8 Å². The normalized spacial score (nSPS) is 14.4. The number of anilines is 1. The molecule has 2 aromatic carbocycles. The molecule has 1 fully saturated rings. The Kier molecular flexibility index (Phi) is 9.22. The van der Waals surface area contributed by atoms with Crippen LogP contribution in [0.5, 0.6) is 6.01 Å². The highest BCUT2D eigenvalue weighted by atomic mass is 35.5. The Morgan fingerprint density at radius 3 is 2.43 bits per heavy atom. The van der Waals surface area contributed by atoms with Gasteiger partial charge in [0.25, 0.3) is 17.4 Å². The van der Waals surface area contributed by atoms with Gasteiger partial charge in [0.2, 0.25) is 0 Å². The summed E-state index contributed by atoms with van der Waals surface area (Å²) in [5.41, 5.74) is -1.05. The molecule has 0 radical (unpaired) electrons. The van der Waals surface area contributed by atoms with E-state index in [2.05, 4.69) is 25.6 Å². The number of nitrogens with one attached hydrogen (secondary N) is 3. The van der Waals surface area contributed by atoms with Crippen molar-refractivity contribution in [1.82, 2.24) is 25.2 Å². The summed E-state index contributed by atoms with van der Waals surface area (Å²) in [5.74, 6) is -1.18. The van der Waals surface area contributed by atoms with E-state index in [1.54, 1.807) is 43.9 Å². The molecule has 1 saturated heterocycles. The highest BCUT2D eigenvalue weighted by Crippen LogP contribution is 2.35. The van der Waals surface area contributed by atoms with Crippen LogP contribution in [-0.2, 0) is 10.3 Å². The molecule has 4 aromatic rings. The molecule has 0 saturated carbocycles. The van der Waals surface area contributed by atoms with Crippen molar-refractivity contribution in [3.63, 3.8) is 0 Å². The Morgan fingerprint density at radius 1 is 1.02 bits per heavy atom. The Balaban J connectivity index is 1.38. The van der Waals surface area contributed by atoms with Crippen molar-refractivity contribution in [2.75, 3.05) is 25.5 Å². The van der Waals surface area contributed by atoms with Gasteiger partial charge in [-0.25, -0.2) is 9.78 Å². The lowest BCUT2D eigenvalue weighted by molar-refractivity contribution is 0.0145. The molecule has 3 N–H and O–H groups in total. The zero-order valence-corrected chi connectivity index (χ0v) is 27.1. The first-order valence-corrected chi connectivity index (χ1v) is 15.1. The maximum absolute atomic E-state index is 13.8. The molecule has 0 bridgehead atoms. The number of amides is 3. The van der Waals surface area contributed by atoms with Crippen LogP contribution in [0.4, 0.5) is 10.5 Å². The number of hydrogen-bond donors (Lipinski definition) is 3. The number of fused-ring (bicyclic) bond motifs is 1. The number of pyridine rings is 1. The van der Waals surface area contributed by atoms with Gasteiger partial charge in [-0.3, -0.25) is 14.4 Å². The minimum Gasteiger partial charge on any atom is -0.467 e. The molecule has 1 aliphatic heterocycles. The summed E-state index contributed by atoms with van der Waals surface area (Å²) < 4.78 is 10.5. The van der Waals surface area contributed by atoms with Crippen LogP contribution in [0.1, 0.15) is 59.9 Å². The molecule has 3 amide bonds. The van der Waals surface area contributed by atoms with Crippen molar-refractivity contribution in [1.29, 1.82) is 0 Å². The van der Waals surface area contributed by atoms with Gasteiger partial charge in [0.05, 0.1) is 23.4 Å². The van der Waals surface area contributed by atoms with E-state index in [1.807, 2.05) is 6.07 Å². The van der Waals surface area contributed by atoms with Crippen LogP contribution in [-0.4, -0.2) is 63.6 Å². The maximum Gasteiger partial charge on any atom is 0.410 e. The zero-order chi connectivity index (χ0) is 33.2. The molecule has 0 spiro atoms. The second-order valence-corrected chi connectivity index (χ2v) is 12.7. The van der Waals surface area contributed by atoms with Gasteiger partial charge >= 0.3 is 12.1 Å². The molecule has 5 rings (SSSR count). The van der Waals surface area contributed by atoms with Crippen LogP contribution in [0.2, 0.25) is 10.0 Å². The number of methoxy groups -OCH3 is 1. The SMILES string of the molecule is COc1ncc2cc(C(=O)Nc3cc(C(=O)NC4(c5cccc(Cl)c5)CCN(C(=O)OC(C)(C)C)CC4)ccc3Cl)c(=O)[nH]c2n1. The lowest BCUT2D eigenvalue weighted by Gasteiger charge is -2.43. The smallest absolute Gasteiger partial charge is 0.410 e. The van der Waals surface area contributed by atoms with Crippen molar-refractivity contribution in [2.45, 2.75) is 44.8 Å². The summed E-state index contributed by atoms with van der Waals surface area (Å²) in [5, 5.41) is 6.86. The molecule has 3 heterocycles. The topological polar surface area (TPSA) is 156 Å². The van der Waals surface area contributed by atoms with Crippen LogP contribution in [0.15, 0.2) is 59.5 Å². The van der Waals surface area contributed by atoms with Gasteiger partial charge in [-0.1, -0.05) is 35.3 Å². The number of halogens is 2. The number of ether oxygens (including phenoxy) is 2. The van der Waals surface area contributed by atoms with Crippen LogP contribution < -0.4 is 20.9 Å². The van der Waals surface area contributed by atoms with E-state index >= 15 is 0 Å². The van der Waals surface area contributed by atoms with E-state index in [0.717, 1.165) is 5.56 Å². The molecular weight excluding hydrogens is 635 g/mol. The van der Waals surface area contributed by atoms with Gasteiger partial charge in [-0.05, 0) is 75.6 Å². The lowest BCUT2D eigenvalue weighted by Crippen LogP contribution is -2.54. The summed E-state index contributed by atoms with van der Waals surface area (Å²) in [4.78, 5) is 64.7. The fourth-order valence-corrected chi connectivity index (χ4v) is 5.51. The zero-order valence-electron chi connectivity index (χ0n) is 25.6. The first-order valence-electron chi connectivity index (χ1n) is 14.4. The molecule has 1 aliphatic rings. The van der Waals surface area contributed by atoms with E-state index in [0.29, 0.717) is 36.3 Å². The highest BCUT2D eigenvalue weighted by molar-refractivity contribution is 6.34. The average molecular weight is 668 g/mol. The number of carbonyl (C=O) groups is 3. The molecule has 2 aromatic heterocycles. The lowest BCUT2D eigenvalue weighted by atomic mass is 9.80. The third-order valence-corrected chi connectivity index (χ3v) is 8.04. The number of nitrogens with zero attached hydrogens (tertiary/aromatic N) is 3. The largest absolute Gasteiger partial charge is 0.467 e. The van der Waals surface area contributed by atoms with Crippen molar-refractivity contribution in [2.24, 2.45) is 0 Å². The molecule has 0 unspecified atom stereocenters. The predicted octanol–water partition coefficient (Wildman–Crippen LogP) is 5.54. The van der Waals surface area contributed by atoms with Gasteiger partial charge in [0.1, 0.15) is 16.8 Å². The number of aromatic nitrogens is 3. The number of carbonyl (C=O) groups excluding carboxylic acids is 3. The van der Waals surface area contributed by atoms with Crippen molar-refractivity contribution in [3.05, 3.63) is 91.8 Å². The minimum absolute atomic E-state index is 0.0629. The molecule has 0 aliphatic carbocycles. The summed E-state index contributed by atoms with van der Waals surface area (Å²) in [6.07, 6.45) is 1.79. The Labute approximate surface area is 274 Å². The predicted molar refractivity (Wildman–Crippen MR) is 174 cm³/mol. The van der Waals surface area contributed by atoms with Crippen LogP contribution in [0, 0.1) is 0 Å². The maximum atomic E-state index is 13.8. The first kappa shape index (κ1) is 32.7. The fourth-order valence-electron chi connectivity index (χ4n) is 5.15. The number of piperidine rings is 1. The molecular formula is C32H32Cl2N6O6. The van der Waals surface area contributed by atoms with Gasteiger partial charge < -0.3 is 30.0 Å². The molecule has 12 nitrogen and oxygen atoms in total. The molecule has 240 valence electrons. The molecule has 14 heteroatoms. The molecule has 46 heavy (non-hydrogen) atoms. The van der Waals surface area contributed by atoms with Gasteiger partial charge in [-0.15, -0.1) is 0 Å². The third kappa shape index (κ3) is 7.24. The van der Waals surface area contributed by atoms with Crippen molar-refractivity contribution < 1.29 is 23.9 Å². The third-order valence-electron chi connectivity index (χ3n) is 7.47. The number of aromatic amines is 1. The number of likely N-dealkylation sites (tertiary alicyclic amines) is 1. The number of H-pyrrole nitrogens is 1. The number of hydrogen-bond acceptors (Lipinski definition) is 8. The summed E-state index contributed by atoms with van der Waals surface area (Å²) in [6, 6.07) is 13.1. The van der Waals surface area contributed by atoms with Crippen LogP contribution in [0.3, 0.4) is 0 Å². The highest BCUT2D eigenvalue weighted by Gasteiger charge is 2.40. The minimum atomic E-state index is -0.854. The first-order chi connectivity index (χ1) is 21.8. The van der Waals surface area contributed by atoms with Crippen LogP contribution in [0.25, 0.3) is 11.0 Å².